The second-order valence-electron chi connectivity index (χ2n) is 18.5. The number of aryl methyl sites for hydroxylation is 1. The van der Waals surface area contributed by atoms with Crippen molar-refractivity contribution in [3.63, 3.8) is 0 Å². The Morgan fingerprint density at radius 1 is 1.11 bits per heavy atom. The third kappa shape index (κ3) is 9.04. The first-order valence-electron chi connectivity index (χ1n) is 21.8. The Kier molecular flexibility index (Phi) is 12.6. The molecule has 3 N–H and O–H groups in total. The molecule has 4 heterocycles. The number of phenols is 1. The predicted molar refractivity (Wildman–Crippen MR) is 234 cm³/mol. The van der Waals surface area contributed by atoms with E-state index in [9.17, 15) is 24.3 Å². The zero-order valence-electron chi connectivity index (χ0n) is 37.1. The maximum Gasteiger partial charge on any atom is 0.324 e. The van der Waals surface area contributed by atoms with Gasteiger partial charge in [-0.25, -0.2) is 5.43 Å². The van der Waals surface area contributed by atoms with Gasteiger partial charge in [-0.3, -0.25) is 29.2 Å². The summed E-state index contributed by atoms with van der Waals surface area (Å²) in [6.45, 7) is 15.2. The van der Waals surface area contributed by atoms with E-state index in [-0.39, 0.29) is 48.5 Å². The zero-order chi connectivity index (χ0) is 43.9. The van der Waals surface area contributed by atoms with E-state index in [4.69, 9.17) is 14.5 Å². The smallest absolute Gasteiger partial charge is 0.324 e. The number of pyridine rings is 1. The molecule has 2 aliphatic heterocycles. The van der Waals surface area contributed by atoms with E-state index in [0.717, 1.165) is 51.0 Å². The number of carbonyl (C=O) groups is 4. The van der Waals surface area contributed by atoms with Crippen molar-refractivity contribution < 1.29 is 33.8 Å². The standard InChI is InChI=1S/C48H62N6O7/c1-10-53-40-16-15-31-24-36(40)37(43(53)34-13-11-17-49-41(34)29(5)60-9)25-48(6,7)26-61-47(59)38-14-12-18-54(51-38)46(58)39(22-30-20-32(31)23-33(55)21-30)50-44(56)42(27(2)3)52(8)45(57)35-19-28(35)4/h11,13,15-17,20-21,23-24,27-29,35,38-39,42,51,55H,10,12,14,18-19,22,25-26H2,1-9H3,(H,50,56)/t28-,29+,35+,38+,39+,42?/m1/s1. The van der Waals surface area contributed by atoms with Gasteiger partial charge in [-0.1, -0.05) is 46.8 Å². The molecule has 6 bridgehead atoms. The molecule has 7 rings (SSSR count). The first-order valence-corrected chi connectivity index (χ1v) is 21.8. The Balaban J connectivity index is 1.35. The molecular formula is C48H62N6O7. The van der Waals surface area contributed by atoms with Crippen molar-refractivity contribution in [3.8, 4) is 28.1 Å². The molecule has 13 heteroatoms. The van der Waals surface area contributed by atoms with Crippen LogP contribution in [0.1, 0.15) is 90.7 Å². The average Bonchev–Trinajstić information content (AvgIpc) is 3.90. The molecule has 0 radical (unpaired) electrons. The lowest BCUT2D eigenvalue weighted by Crippen LogP contribution is -2.62. The van der Waals surface area contributed by atoms with Crippen LogP contribution < -0.4 is 10.7 Å². The van der Waals surface area contributed by atoms with Crippen molar-refractivity contribution in [1.29, 1.82) is 0 Å². The van der Waals surface area contributed by atoms with Gasteiger partial charge in [0.05, 0.1) is 24.1 Å². The van der Waals surface area contributed by atoms with Gasteiger partial charge in [-0.05, 0) is 110 Å². The SMILES string of the molecule is CCn1c(-c2cccnc2[C@H](C)OC)c2c3cc(ccc31)-c1cc(O)cc(c1)C[C@H](NC(=O)C(C(C)C)N(C)C(=O)[C@H]1C[C@H]1C)C(=O)N1CCC[C@H](N1)C(=O)OCC(C)(C)C2. The van der Waals surface area contributed by atoms with Crippen LogP contribution in [0.5, 0.6) is 5.75 Å². The minimum absolute atomic E-state index is 0.0177. The fourth-order valence-electron chi connectivity index (χ4n) is 9.31. The molecule has 1 saturated heterocycles. The van der Waals surface area contributed by atoms with Gasteiger partial charge in [0.1, 0.15) is 23.9 Å². The molecule has 2 fully saturated rings. The highest BCUT2D eigenvalue weighted by molar-refractivity contribution is 5.96. The van der Waals surface area contributed by atoms with Crippen LogP contribution in [0.15, 0.2) is 54.7 Å². The van der Waals surface area contributed by atoms with Gasteiger partial charge < -0.3 is 29.4 Å². The minimum atomic E-state index is -1.09. The summed E-state index contributed by atoms with van der Waals surface area (Å²) >= 11 is 0. The molecule has 1 saturated carbocycles. The van der Waals surface area contributed by atoms with Gasteiger partial charge in [0.2, 0.25) is 11.8 Å². The van der Waals surface area contributed by atoms with Crippen molar-refractivity contribution in [2.24, 2.45) is 23.2 Å². The van der Waals surface area contributed by atoms with Crippen molar-refractivity contribution in [3.05, 3.63) is 71.5 Å². The lowest BCUT2D eigenvalue weighted by Gasteiger charge is -2.36. The number of fused-ring (bicyclic) bond motifs is 6. The van der Waals surface area contributed by atoms with E-state index in [1.807, 2.05) is 45.9 Å². The van der Waals surface area contributed by atoms with Crippen molar-refractivity contribution in [1.82, 2.24) is 30.2 Å². The summed E-state index contributed by atoms with van der Waals surface area (Å²) in [5.74, 6) is -1.48. The zero-order valence-corrected chi connectivity index (χ0v) is 37.1. The van der Waals surface area contributed by atoms with Crippen LogP contribution in [-0.2, 0) is 48.0 Å². The van der Waals surface area contributed by atoms with Crippen molar-refractivity contribution in [2.75, 3.05) is 27.3 Å². The third-order valence-corrected chi connectivity index (χ3v) is 12.8. The van der Waals surface area contributed by atoms with Crippen LogP contribution in [0.4, 0.5) is 0 Å². The van der Waals surface area contributed by atoms with Crippen LogP contribution in [0.3, 0.4) is 0 Å². The molecule has 6 atom stereocenters. The number of amides is 3. The summed E-state index contributed by atoms with van der Waals surface area (Å²) in [5, 5.41) is 16.7. The highest BCUT2D eigenvalue weighted by atomic mass is 16.5. The van der Waals surface area contributed by atoms with Gasteiger partial charge in [-0.2, -0.15) is 0 Å². The minimum Gasteiger partial charge on any atom is -0.508 e. The first-order chi connectivity index (χ1) is 29.0. The fraction of sp³-hybridized carbons (Fsp3) is 0.521. The number of esters is 1. The van der Waals surface area contributed by atoms with E-state index in [2.05, 4.69) is 54.3 Å². The monoisotopic (exact) mass is 834 g/mol. The molecule has 61 heavy (non-hydrogen) atoms. The average molecular weight is 835 g/mol. The molecule has 2 aromatic heterocycles. The van der Waals surface area contributed by atoms with Gasteiger partial charge in [0, 0.05) is 67.7 Å². The first kappa shape index (κ1) is 43.8. The summed E-state index contributed by atoms with van der Waals surface area (Å²) in [6, 6.07) is 12.9. The number of cyclic esters (lactones) is 1. The second kappa shape index (κ2) is 17.6. The van der Waals surface area contributed by atoms with Crippen LogP contribution >= 0.6 is 0 Å². The molecule has 3 aliphatic rings. The summed E-state index contributed by atoms with van der Waals surface area (Å²) in [7, 11) is 3.34. The Morgan fingerprint density at radius 3 is 2.56 bits per heavy atom. The van der Waals surface area contributed by atoms with Crippen LogP contribution in [0.25, 0.3) is 33.3 Å². The van der Waals surface area contributed by atoms with Gasteiger partial charge >= 0.3 is 5.97 Å². The number of rotatable bonds is 9. The molecule has 4 aromatic rings. The van der Waals surface area contributed by atoms with Crippen LogP contribution in [0.2, 0.25) is 0 Å². The van der Waals surface area contributed by atoms with E-state index in [1.165, 1.54) is 9.91 Å². The summed E-state index contributed by atoms with van der Waals surface area (Å²) in [6.07, 6.45) is 3.91. The van der Waals surface area contributed by atoms with E-state index < -0.39 is 41.3 Å². The Bertz CT molecular complexity index is 2320. The summed E-state index contributed by atoms with van der Waals surface area (Å²) in [5.41, 5.74) is 9.74. The number of hydrogen-bond acceptors (Lipinski definition) is 9. The number of carbonyl (C=O) groups excluding carboxylic acids is 4. The number of likely N-dealkylation sites (N-methyl/N-ethyl adjacent to an activating group) is 1. The molecule has 0 spiro atoms. The number of aromatic nitrogens is 2. The van der Waals surface area contributed by atoms with Crippen LogP contribution in [-0.4, -0.2) is 93.7 Å². The van der Waals surface area contributed by atoms with Gasteiger partial charge in [0.15, 0.2) is 0 Å². The number of hydrogen-bond donors (Lipinski definition) is 3. The van der Waals surface area contributed by atoms with Crippen molar-refractivity contribution >= 4 is 34.6 Å². The van der Waals surface area contributed by atoms with Gasteiger partial charge in [0.25, 0.3) is 5.91 Å². The number of benzene rings is 2. The lowest BCUT2D eigenvalue weighted by atomic mass is 9.84. The molecule has 2 aromatic carbocycles. The number of phenolic OH excluding ortho intramolecular Hbond substituents is 1. The van der Waals surface area contributed by atoms with Crippen LogP contribution in [0, 0.1) is 23.2 Å². The number of nitrogens with zero attached hydrogens (tertiary/aromatic N) is 4. The number of nitrogens with one attached hydrogen (secondary N) is 2. The third-order valence-electron chi connectivity index (χ3n) is 12.8. The molecule has 1 unspecified atom stereocenters. The Labute approximate surface area is 359 Å². The predicted octanol–water partition coefficient (Wildman–Crippen LogP) is 6.59. The lowest BCUT2D eigenvalue weighted by molar-refractivity contribution is -0.155. The van der Waals surface area contributed by atoms with Gasteiger partial charge in [-0.15, -0.1) is 0 Å². The number of hydrazine groups is 1. The van der Waals surface area contributed by atoms with E-state index >= 15 is 0 Å². The topological polar surface area (TPSA) is 155 Å². The van der Waals surface area contributed by atoms with Crippen molar-refractivity contribution in [2.45, 2.75) is 111 Å². The maximum absolute atomic E-state index is 14.6. The summed E-state index contributed by atoms with van der Waals surface area (Å²) in [4.78, 5) is 62.4. The summed E-state index contributed by atoms with van der Waals surface area (Å²) < 4.78 is 14.2. The molecule has 3 amide bonds. The normalized spacial score (nSPS) is 22.6. The van der Waals surface area contributed by atoms with E-state index in [1.54, 1.807) is 32.5 Å². The molecule has 1 aliphatic carbocycles. The highest BCUT2D eigenvalue weighted by Crippen LogP contribution is 2.43. The highest BCUT2D eigenvalue weighted by Gasteiger charge is 2.44. The number of methoxy groups -OCH3 is 1. The Hall–Kier alpha value is -5.27. The second-order valence-corrected chi connectivity index (χ2v) is 18.5. The molecule has 13 nitrogen and oxygen atoms in total. The number of aromatic hydroxyl groups is 1. The quantitative estimate of drug-likeness (QED) is 0.159. The number of ether oxygens (including phenoxy) is 2. The molecular weight excluding hydrogens is 773 g/mol. The van der Waals surface area contributed by atoms with E-state index in [0.29, 0.717) is 37.9 Å². The Morgan fingerprint density at radius 2 is 1.87 bits per heavy atom. The fourth-order valence-corrected chi connectivity index (χ4v) is 9.31. The molecule has 326 valence electrons. The maximum atomic E-state index is 14.6. The largest absolute Gasteiger partial charge is 0.508 e.